The Balaban J connectivity index is 0.00000225. The van der Waals surface area contributed by atoms with Crippen LogP contribution in [0.4, 0.5) is 19.0 Å². The van der Waals surface area contributed by atoms with E-state index in [1.807, 2.05) is 4.90 Å². The minimum absolute atomic E-state index is 0. The van der Waals surface area contributed by atoms with Gasteiger partial charge in [0.25, 0.3) is 0 Å². The Morgan fingerprint density at radius 1 is 1.28 bits per heavy atom. The Bertz CT molecular complexity index is 636. The topological polar surface area (TPSA) is 52.6 Å². The fraction of sp³-hybridized carbons (Fsp3) is 0.600. The summed E-state index contributed by atoms with van der Waals surface area (Å²) in [5.41, 5.74) is -0.834. The molecule has 1 saturated carbocycles. The number of anilines is 1. The van der Waals surface area contributed by atoms with Gasteiger partial charge in [0.2, 0.25) is 0 Å². The smallest absolute Gasteiger partial charge is 0.354 e. The lowest BCUT2D eigenvalue weighted by Crippen LogP contribution is -2.45. The van der Waals surface area contributed by atoms with E-state index >= 15 is 0 Å². The SMILES string of the molecule is CN=C(NC1CC1)NC1CCN(c2ncc(C(F)(F)F)cc2Cl)C1.I. The van der Waals surface area contributed by atoms with Gasteiger partial charge < -0.3 is 15.5 Å². The summed E-state index contributed by atoms with van der Waals surface area (Å²) in [6, 6.07) is 1.58. The molecule has 2 heterocycles. The second kappa shape index (κ2) is 8.15. The molecule has 10 heteroatoms. The number of pyridine rings is 1. The number of aromatic nitrogens is 1. The molecule has 1 aliphatic carbocycles. The molecule has 5 nitrogen and oxygen atoms in total. The monoisotopic (exact) mass is 489 g/mol. The predicted molar refractivity (Wildman–Crippen MR) is 103 cm³/mol. The van der Waals surface area contributed by atoms with Gasteiger partial charge in [0.1, 0.15) is 5.82 Å². The van der Waals surface area contributed by atoms with E-state index in [-0.39, 0.29) is 35.0 Å². The lowest BCUT2D eigenvalue weighted by molar-refractivity contribution is -0.137. The van der Waals surface area contributed by atoms with Gasteiger partial charge in [-0.15, -0.1) is 24.0 Å². The third-order valence-corrected chi connectivity index (χ3v) is 4.40. The average Bonchev–Trinajstić information content (AvgIpc) is 3.22. The number of halogens is 5. The third-order valence-electron chi connectivity index (χ3n) is 4.12. The first-order valence-electron chi connectivity index (χ1n) is 7.84. The van der Waals surface area contributed by atoms with Crippen molar-refractivity contribution in [3.8, 4) is 0 Å². The molecule has 0 aromatic carbocycles. The molecule has 2 N–H and O–H groups in total. The van der Waals surface area contributed by atoms with Crippen LogP contribution in [0.25, 0.3) is 0 Å². The Morgan fingerprint density at radius 2 is 1.96 bits per heavy atom. The fourth-order valence-corrected chi connectivity index (χ4v) is 2.96. The van der Waals surface area contributed by atoms with Gasteiger partial charge in [0.05, 0.1) is 10.6 Å². The molecule has 2 fully saturated rings. The molecule has 0 bridgehead atoms. The molecule has 140 valence electrons. The highest BCUT2D eigenvalue weighted by Crippen LogP contribution is 2.34. The molecule has 25 heavy (non-hydrogen) atoms. The summed E-state index contributed by atoms with van der Waals surface area (Å²) >= 11 is 6.01. The number of alkyl halides is 3. The summed E-state index contributed by atoms with van der Waals surface area (Å²) in [6.45, 7) is 1.29. The van der Waals surface area contributed by atoms with Crippen molar-refractivity contribution in [3.05, 3.63) is 22.8 Å². The van der Waals surface area contributed by atoms with Crippen molar-refractivity contribution in [2.45, 2.75) is 37.5 Å². The van der Waals surface area contributed by atoms with Crippen LogP contribution < -0.4 is 15.5 Å². The Hall–Kier alpha value is -0.970. The molecular weight excluding hydrogens is 470 g/mol. The molecular formula is C15H20ClF3IN5. The van der Waals surface area contributed by atoms with E-state index in [0.717, 1.165) is 37.5 Å². The first-order valence-corrected chi connectivity index (χ1v) is 8.22. The van der Waals surface area contributed by atoms with Crippen LogP contribution in [0.2, 0.25) is 5.02 Å². The number of aliphatic imine (C=N–C) groups is 1. The molecule has 0 amide bonds. The van der Waals surface area contributed by atoms with E-state index in [1.165, 1.54) is 0 Å². The fourth-order valence-electron chi connectivity index (χ4n) is 2.67. The van der Waals surface area contributed by atoms with Crippen molar-refractivity contribution < 1.29 is 13.2 Å². The molecule has 1 aromatic rings. The van der Waals surface area contributed by atoms with E-state index in [4.69, 9.17) is 11.6 Å². The second-order valence-corrected chi connectivity index (χ2v) is 6.50. The minimum Gasteiger partial charge on any atom is -0.354 e. The lowest BCUT2D eigenvalue weighted by Gasteiger charge is -2.21. The molecule has 3 rings (SSSR count). The summed E-state index contributed by atoms with van der Waals surface area (Å²) in [7, 11) is 1.72. The Kier molecular flexibility index (Phi) is 6.63. The minimum atomic E-state index is -4.44. The third kappa shape index (κ3) is 5.25. The highest BCUT2D eigenvalue weighted by molar-refractivity contribution is 14.0. The number of rotatable bonds is 3. The van der Waals surface area contributed by atoms with Gasteiger partial charge in [-0.3, -0.25) is 4.99 Å². The molecule has 1 unspecified atom stereocenters. The van der Waals surface area contributed by atoms with E-state index < -0.39 is 11.7 Å². The largest absolute Gasteiger partial charge is 0.417 e. The van der Waals surface area contributed by atoms with Crippen LogP contribution in [0.15, 0.2) is 17.3 Å². The van der Waals surface area contributed by atoms with Crippen molar-refractivity contribution in [1.82, 2.24) is 15.6 Å². The summed E-state index contributed by atoms with van der Waals surface area (Å²) in [4.78, 5) is 10.0. The van der Waals surface area contributed by atoms with Crippen molar-refractivity contribution >= 4 is 47.4 Å². The summed E-state index contributed by atoms with van der Waals surface area (Å²) in [5.74, 6) is 1.15. The van der Waals surface area contributed by atoms with Crippen molar-refractivity contribution in [2.75, 3.05) is 25.0 Å². The highest BCUT2D eigenvalue weighted by Gasteiger charge is 2.33. The van der Waals surface area contributed by atoms with Crippen LogP contribution in [0.1, 0.15) is 24.8 Å². The predicted octanol–water partition coefficient (Wildman–Crippen LogP) is 3.28. The first-order chi connectivity index (χ1) is 11.4. The molecule has 1 saturated heterocycles. The standard InChI is InChI=1S/C15H19ClF3N5.HI/c1-20-14(22-10-2-3-10)23-11-4-5-24(8-11)13-12(16)6-9(7-21-13)15(17,18)19;/h6-7,10-11H,2-5,8H2,1H3,(H2,20,22,23);1H. The number of guanidine groups is 1. The summed E-state index contributed by atoms with van der Waals surface area (Å²) in [6.07, 6.45) is -0.462. The zero-order valence-electron chi connectivity index (χ0n) is 13.6. The number of hydrogen-bond acceptors (Lipinski definition) is 3. The number of hydrogen-bond donors (Lipinski definition) is 2. The molecule has 0 spiro atoms. The molecule has 1 atom stereocenters. The van der Waals surface area contributed by atoms with Crippen LogP contribution in [-0.2, 0) is 6.18 Å². The quantitative estimate of drug-likeness (QED) is 0.389. The average molecular weight is 490 g/mol. The van der Waals surface area contributed by atoms with Gasteiger partial charge in [-0.2, -0.15) is 13.2 Å². The Morgan fingerprint density at radius 3 is 2.52 bits per heavy atom. The van der Waals surface area contributed by atoms with Crippen LogP contribution in [0, 0.1) is 0 Å². The molecule has 0 radical (unpaired) electrons. The van der Waals surface area contributed by atoms with Crippen LogP contribution in [0.5, 0.6) is 0 Å². The van der Waals surface area contributed by atoms with Gasteiger partial charge >= 0.3 is 6.18 Å². The van der Waals surface area contributed by atoms with Crippen molar-refractivity contribution in [1.29, 1.82) is 0 Å². The van der Waals surface area contributed by atoms with Gasteiger partial charge in [-0.1, -0.05) is 11.6 Å². The number of nitrogens with one attached hydrogen (secondary N) is 2. The normalized spacial score (nSPS) is 21.1. The van der Waals surface area contributed by atoms with Crippen LogP contribution in [0.3, 0.4) is 0 Å². The zero-order chi connectivity index (χ0) is 17.3. The van der Waals surface area contributed by atoms with Crippen LogP contribution >= 0.6 is 35.6 Å². The Labute approximate surface area is 166 Å². The zero-order valence-corrected chi connectivity index (χ0v) is 16.7. The molecule has 1 aliphatic heterocycles. The van der Waals surface area contributed by atoms with E-state index in [0.29, 0.717) is 24.9 Å². The van der Waals surface area contributed by atoms with E-state index in [9.17, 15) is 13.2 Å². The summed E-state index contributed by atoms with van der Waals surface area (Å²) < 4.78 is 38.1. The molecule has 1 aromatic heterocycles. The first kappa shape index (κ1) is 20.3. The number of nitrogens with zero attached hydrogens (tertiary/aromatic N) is 3. The summed E-state index contributed by atoms with van der Waals surface area (Å²) in [5, 5.41) is 6.67. The van der Waals surface area contributed by atoms with Crippen molar-refractivity contribution in [3.63, 3.8) is 0 Å². The van der Waals surface area contributed by atoms with E-state index in [1.54, 1.807) is 7.05 Å². The highest BCUT2D eigenvalue weighted by atomic mass is 127. The lowest BCUT2D eigenvalue weighted by atomic mass is 10.2. The van der Waals surface area contributed by atoms with Gasteiger partial charge in [-0.05, 0) is 25.3 Å². The van der Waals surface area contributed by atoms with Gasteiger partial charge in [0, 0.05) is 38.4 Å². The van der Waals surface area contributed by atoms with Crippen molar-refractivity contribution in [2.24, 2.45) is 4.99 Å². The second-order valence-electron chi connectivity index (χ2n) is 6.09. The maximum atomic E-state index is 12.7. The van der Waals surface area contributed by atoms with E-state index in [2.05, 4.69) is 20.6 Å². The van der Waals surface area contributed by atoms with Gasteiger partial charge in [-0.25, -0.2) is 4.98 Å². The van der Waals surface area contributed by atoms with Crippen LogP contribution in [-0.4, -0.2) is 43.2 Å². The maximum absolute atomic E-state index is 12.7. The molecule has 2 aliphatic rings. The maximum Gasteiger partial charge on any atom is 0.417 e. The van der Waals surface area contributed by atoms with Gasteiger partial charge in [0.15, 0.2) is 5.96 Å².